The Kier molecular flexibility index (Phi) is 5.83. The number of aliphatic hydroxyl groups excluding tert-OH is 1. The zero-order chi connectivity index (χ0) is 19.7. The second kappa shape index (κ2) is 8.33. The van der Waals surface area contributed by atoms with Gasteiger partial charge in [0.05, 0.1) is 12.0 Å². The minimum Gasteiger partial charge on any atom is -0.395 e. The smallest absolute Gasteiger partial charge is 0.225 e. The van der Waals surface area contributed by atoms with Gasteiger partial charge in [0.2, 0.25) is 5.28 Å². The normalized spacial score (nSPS) is 15.5. The molecule has 0 radical (unpaired) electrons. The number of aryl methyl sites for hydroxylation is 2. The number of piperazine rings is 1. The number of thiophene rings is 1. The second-order valence-corrected chi connectivity index (χ2v) is 8.67. The maximum Gasteiger partial charge on any atom is 0.225 e. The number of hydrogen-bond donors (Lipinski definition) is 1. The zero-order valence-electron chi connectivity index (χ0n) is 16.3. The molecule has 1 aliphatic heterocycles. The van der Waals surface area contributed by atoms with Gasteiger partial charge in [-0.3, -0.25) is 4.90 Å². The first-order chi connectivity index (χ1) is 13.6. The maximum absolute atomic E-state index is 9.19. The zero-order valence-corrected chi connectivity index (χ0v) is 17.9. The number of halogens is 1. The first kappa shape index (κ1) is 19.6. The Hall–Kier alpha value is -1.73. The van der Waals surface area contributed by atoms with Gasteiger partial charge in [-0.25, -0.2) is 4.98 Å². The molecule has 0 unspecified atom stereocenters. The highest BCUT2D eigenvalue weighted by molar-refractivity contribution is 7.19. The molecule has 0 spiro atoms. The number of aromatic nitrogens is 2. The average molecular weight is 417 g/mol. The molecule has 1 aromatic carbocycles. The molecule has 3 aromatic rings. The number of nitrogens with zero attached hydrogens (tertiary/aromatic N) is 4. The topological polar surface area (TPSA) is 52.5 Å². The Morgan fingerprint density at radius 2 is 1.82 bits per heavy atom. The molecule has 0 bridgehead atoms. The predicted octanol–water partition coefficient (Wildman–Crippen LogP) is 4.00. The number of β-amino-alcohol motifs (C(OH)–C–C–N with tert-alkyl or cyclic N) is 1. The van der Waals surface area contributed by atoms with E-state index in [0.29, 0.717) is 5.28 Å². The lowest BCUT2D eigenvalue weighted by atomic mass is 10.0. The van der Waals surface area contributed by atoms with Crippen LogP contribution in [0, 0.1) is 6.92 Å². The number of fused-ring (bicyclic) bond motifs is 1. The molecule has 5 nitrogen and oxygen atoms in total. The van der Waals surface area contributed by atoms with E-state index in [0.717, 1.165) is 55.2 Å². The summed E-state index contributed by atoms with van der Waals surface area (Å²) in [7, 11) is 0. The van der Waals surface area contributed by atoms with E-state index in [1.54, 1.807) is 11.3 Å². The third kappa shape index (κ3) is 3.74. The Labute approximate surface area is 174 Å². The van der Waals surface area contributed by atoms with Crippen molar-refractivity contribution in [3.63, 3.8) is 0 Å². The van der Waals surface area contributed by atoms with Crippen molar-refractivity contribution in [3.05, 3.63) is 40.0 Å². The SMILES string of the molecule is CCc1ccc(-c2c(C)sc3nc(Cl)nc(N4CCN(CCO)CC4)c23)cc1. The van der Waals surface area contributed by atoms with Gasteiger partial charge in [-0.15, -0.1) is 11.3 Å². The molecule has 28 heavy (non-hydrogen) atoms. The van der Waals surface area contributed by atoms with Crippen LogP contribution < -0.4 is 4.90 Å². The van der Waals surface area contributed by atoms with Gasteiger partial charge in [0, 0.05) is 43.2 Å². The summed E-state index contributed by atoms with van der Waals surface area (Å²) in [6.07, 6.45) is 1.03. The molecule has 1 fully saturated rings. The monoisotopic (exact) mass is 416 g/mol. The van der Waals surface area contributed by atoms with Crippen molar-refractivity contribution in [3.8, 4) is 11.1 Å². The molecule has 1 aliphatic rings. The highest BCUT2D eigenvalue weighted by Crippen LogP contribution is 2.42. The van der Waals surface area contributed by atoms with Crippen LogP contribution in [0.15, 0.2) is 24.3 Å². The summed E-state index contributed by atoms with van der Waals surface area (Å²) < 4.78 is 0. The van der Waals surface area contributed by atoms with Gasteiger partial charge in [0.1, 0.15) is 10.6 Å². The second-order valence-electron chi connectivity index (χ2n) is 7.13. The Morgan fingerprint density at radius 1 is 1.11 bits per heavy atom. The van der Waals surface area contributed by atoms with Crippen LogP contribution in [0.2, 0.25) is 5.28 Å². The molecule has 0 amide bonds. The highest BCUT2D eigenvalue weighted by atomic mass is 35.5. The van der Waals surface area contributed by atoms with Gasteiger partial charge in [-0.05, 0) is 36.1 Å². The lowest BCUT2D eigenvalue weighted by Crippen LogP contribution is -2.47. The summed E-state index contributed by atoms with van der Waals surface area (Å²) >= 11 is 7.96. The first-order valence-electron chi connectivity index (χ1n) is 9.74. The Balaban J connectivity index is 1.78. The van der Waals surface area contributed by atoms with Crippen LogP contribution >= 0.6 is 22.9 Å². The third-order valence-electron chi connectivity index (χ3n) is 5.42. The van der Waals surface area contributed by atoms with Gasteiger partial charge < -0.3 is 10.0 Å². The van der Waals surface area contributed by atoms with E-state index in [9.17, 15) is 5.11 Å². The number of benzene rings is 1. The van der Waals surface area contributed by atoms with E-state index in [1.165, 1.54) is 21.6 Å². The van der Waals surface area contributed by atoms with Crippen molar-refractivity contribution < 1.29 is 5.11 Å². The summed E-state index contributed by atoms with van der Waals surface area (Å²) in [6.45, 7) is 8.79. The fourth-order valence-corrected chi connectivity index (χ4v) is 5.13. The van der Waals surface area contributed by atoms with E-state index in [-0.39, 0.29) is 6.61 Å². The van der Waals surface area contributed by atoms with Crippen LogP contribution in [0.3, 0.4) is 0 Å². The van der Waals surface area contributed by atoms with Crippen molar-refractivity contribution in [2.45, 2.75) is 20.3 Å². The minimum absolute atomic E-state index is 0.200. The van der Waals surface area contributed by atoms with Crippen LogP contribution in [0.5, 0.6) is 0 Å². The van der Waals surface area contributed by atoms with Gasteiger partial charge in [-0.2, -0.15) is 4.98 Å². The maximum atomic E-state index is 9.19. The van der Waals surface area contributed by atoms with Gasteiger partial charge >= 0.3 is 0 Å². The molecule has 4 rings (SSSR count). The molecule has 2 aromatic heterocycles. The molecule has 1 N–H and O–H groups in total. The van der Waals surface area contributed by atoms with Gasteiger partial charge in [0.25, 0.3) is 0 Å². The molecule has 3 heterocycles. The quantitative estimate of drug-likeness (QED) is 0.637. The molecule has 1 saturated heterocycles. The lowest BCUT2D eigenvalue weighted by Gasteiger charge is -2.35. The molecule has 0 atom stereocenters. The van der Waals surface area contributed by atoms with Crippen molar-refractivity contribution in [2.75, 3.05) is 44.2 Å². The molecular weight excluding hydrogens is 392 g/mol. The summed E-state index contributed by atoms with van der Waals surface area (Å²) in [6, 6.07) is 8.79. The average Bonchev–Trinajstić information content (AvgIpc) is 3.03. The summed E-state index contributed by atoms with van der Waals surface area (Å²) in [4.78, 5) is 15.9. The fraction of sp³-hybridized carbons (Fsp3) is 0.429. The summed E-state index contributed by atoms with van der Waals surface area (Å²) in [5, 5.41) is 10.6. The van der Waals surface area contributed by atoms with Crippen LogP contribution in [-0.4, -0.2) is 59.3 Å². The molecular formula is C21H25ClN4OS. The van der Waals surface area contributed by atoms with Crippen molar-refractivity contribution in [1.29, 1.82) is 0 Å². The van der Waals surface area contributed by atoms with Crippen molar-refractivity contribution >= 4 is 39.0 Å². The van der Waals surface area contributed by atoms with Crippen LogP contribution in [-0.2, 0) is 6.42 Å². The third-order valence-corrected chi connectivity index (χ3v) is 6.59. The van der Waals surface area contributed by atoms with Gasteiger partial charge in [-0.1, -0.05) is 31.2 Å². The van der Waals surface area contributed by atoms with Crippen LogP contribution in [0.4, 0.5) is 5.82 Å². The van der Waals surface area contributed by atoms with Crippen LogP contribution in [0.25, 0.3) is 21.3 Å². The van der Waals surface area contributed by atoms with Crippen molar-refractivity contribution in [2.24, 2.45) is 0 Å². The number of rotatable bonds is 5. The number of hydrogen-bond acceptors (Lipinski definition) is 6. The largest absolute Gasteiger partial charge is 0.395 e. The summed E-state index contributed by atoms with van der Waals surface area (Å²) in [5.74, 6) is 0.928. The molecule has 7 heteroatoms. The Morgan fingerprint density at radius 3 is 2.46 bits per heavy atom. The molecule has 148 valence electrons. The van der Waals surface area contributed by atoms with Gasteiger partial charge in [0.15, 0.2) is 0 Å². The van der Waals surface area contributed by atoms with E-state index < -0.39 is 0 Å². The first-order valence-corrected chi connectivity index (χ1v) is 10.9. The lowest BCUT2D eigenvalue weighted by molar-refractivity contribution is 0.188. The highest BCUT2D eigenvalue weighted by Gasteiger charge is 2.24. The Bertz CT molecular complexity index is 965. The van der Waals surface area contributed by atoms with Crippen LogP contribution in [0.1, 0.15) is 17.4 Å². The van der Waals surface area contributed by atoms with E-state index >= 15 is 0 Å². The number of aliphatic hydroxyl groups is 1. The standard InChI is InChI=1S/C21H25ClN4OS/c1-3-15-4-6-16(7-5-15)17-14(2)28-20-18(17)19(23-21(22)24-20)26-10-8-25(9-11-26)12-13-27/h4-7,27H,3,8-13H2,1-2H3. The fourth-order valence-electron chi connectivity index (χ4n) is 3.88. The van der Waals surface area contributed by atoms with E-state index in [4.69, 9.17) is 11.6 Å². The minimum atomic E-state index is 0.200. The van der Waals surface area contributed by atoms with Crippen molar-refractivity contribution in [1.82, 2.24) is 14.9 Å². The molecule has 0 saturated carbocycles. The van der Waals surface area contributed by atoms with E-state index in [2.05, 4.69) is 57.9 Å². The van der Waals surface area contributed by atoms with E-state index in [1.807, 2.05) is 0 Å². The summed E-state index contributed by atoms with van der Waals surface area (Å²) in [5.41, 5.74) is 3.75. The number of anilines is 1. The molecule has 0 aliphatic carbocycles. The predicted molar refractivity (Wildman–Crippen MR) is 118 cm³/mol.